The highest BCUT2D eigenvalue weighted by atomic mass is 16.2. The van der Waals surface area contributed by atoms with Crippen LogP contribution in [0, 0.1) is 5.92 Å². The summed E-state index contributed by atoms with van der Waals surface area (Å²) >= 11 is 0. The van der Waals surface area contributed by atoms with Gasteiger partial charge in [-0.1, -0.05) is 19.3 Å². The summed E-state index contributed by atoms with van der Waals surface area (Å²) in [7, 11) is 0. The van der Waals surface area contributed by atoms with E-state index in [1.54, 1.807) is 0 Å². The standard InChI is InChI=1S/C13H24N2O2/c1-13(2,3)15-11(16)9-14-12(17)10-7-5-4-6-8-10/h10H,4-9H2,1-3H3,(H,14,17)(H,15,16). The maximum Gasteiger partial charge on any atom is 0.239 e. The predicted molar refractivity (Wildman–Crippen MR) is 67.5 cm³/mol. The van der Waals surface area contributed by atoms with Gasteiger partial charge in [0.15, 0.2) is 0 Å². The van der Waals surface area contributed by atoms with Crippen LogP contribution in [0.1, 0.15) is 52.9 Å². The molecule has 0 saturated heterocycles. The van der Waals surface area contributed by atoms with E-state index in [4.69, 9.17) is 0 Å². The first-order valence-corrected chi connectivity index (χ1v) is 6.47. The monoisotopic (exact) mass is 240 g/mol. The highest BCUT2D eigenvalue weighted by Crippen LogP contribution is 2.23. The summed E-state index contributed by atoms with van der Waals surface area (Å²) in [4.78, 5) is 23.3. The highest BCUT2D eigenvalue weighted by Gasteiger charge is 2.21. The van der Waals surface area contributed by atoms with Crippen LogP contribution in [0.3, 0.4) is 0 Å². The molecule has 1 fully saturated rings. The third kappa shape index (κ3) is 5.71. The van der Waals surface area contributed by atoms with E-state index in [0.29, 0.717) is 0 Å². The number of carbonyl (C=O) groups is 2. The van der Waals surface area contributed by atoms with E-state index in [1.807, 2.05) is 20.8 Å². The smallest absolute Gasteiger partial charge is 0.239 e. The SMILES string of the molecule is CC(C)(C)NC(=O)CNC(=O)C1CCCCC1. The number of amides is 2. The lowest BCUT2D eigenvalue weighted by molar-refractivity contribution is -0.129. The van der Waals surface area contributed by atoms with Gasteiger partial charge in [0.05, 0.1) is 6.54 Å². The fourth-order valence-electron chi connectivity index (χ4n) is 2.14. The topological polar surface area (TPSA) is 58.2 Å². The zero-order chi connectivity index (χ0) is 12.9. The summed E-state index contributed by atoms with van der Waals surface area (Å²) in [5.74, 6) is 0.0293. The van der Waals surface area contributed by atoms with E-state index in [2.05, 4.69) is 10.6 Å². The highest BCUT2D eigenvalue weighted by molar-refractivity contribution is 5.86. The Labute approximate surface area is 104 Å². The average molecular weight is 240 g/mol. The van der Waals surface area contributed by atoms with Gasteiger partial charge in [-0.25, -0.2) is 0 Å². The van der Waals surface area contributed by atoms with Crippen molar-refractivity contribution in [2.75, 3.05) is 6.54 Å². The molecule has 1 rings (SSSR count). The molecule has 0 aromatic carbocycles. The number of rotatable bonds is 3. The molecule has 0 heterocycles. The molecular weight excluding hydrogens is 216 g/mol. The fourth-order valence-corrected chi connectivity index (χ4v) is 2.14. The first-order valence-electron chi connectivity index (χ1n) is 6.47. The van der Waals surface area contributed by atoms with Gasteiger partial charge in [-0.2, -0.15) is 0 Å². The quantitative estimate of drug-likeness (QED) is 0.787. The molecule has 0 bridgehead atoms. The minimum atomic E-state index is -0.243. The minimum Gasteiger partial charge on any atom is -0.350 e. The van der Waals surface area contributed by atoms with E-state index in [-0.39, 0.29) is 29.8 Å². The second kappa shape index (κ2) is 6.03. The van der Waals surface area contributed by atoms with Crippen LogP contribution in [0.5, 0.6) is 0 Å². The lowest BCUT2D eigenvalue weighted by Gasteiger charge is -2.22. The molecular formula is C13H24N2O2. The third-order valence-corrected chi connectivity index (χ3v) is 2.91. The van der Waals surface area contributed by atoms with Crippen LogP contribution in [0.4, 0.5) is 0 Å². The molecule has 98 valence electrons. The van der Waals surface area contributed by atoms with Crippen molar-refractivity contribution in [2.24, 2.45) is 5.92 Å². The van der Waals surface area contributed by atoms with Gasteiger partial charge in [-0.15, -0.1) is 0 Å². The number of hydrogen-bond donors (Lipinski definition) is 2. The van der Waals surface area contributed by atoms with Crippen molar-refractivity contribution in [3.05, 3.63) is 0 Å². The molecule has 1 aliphatic rings. The molecule has 4 heteroatoms. The molecule has 1 aliphatic carbocycles. The Morgan fingerprint density at radius 1 is 1.12 bits per heavy atom. The lowest BCUT2D eigenvalue weighted by Crippen LogP contribution is -2.46. The van der Waals surface area contributed by atoms with Crippen molar-refractivity contribution >= 4 is 11.8 Å². The van der Waals surface area contributed by atoms with Crippen molar-refractivity contribution in [1.29, 1.82) is 0 Å². The first kappa shape index (κ1) is 14.0. The van der Waals surface area contributed by atoms with E-state index < -0.39 is 0 Å². The van der Waals surface area contributed by atoms with Crippen LogP contribution in [0.25, 0.3) is 0 Å². The number of hydrogen-bond acceptors (Lipinski definition) is 2. The van der Waals surface area contributed by atoms with E-state index in [9.17, 15) is 9.59 Å². The van der Waals surface area contributed by atoms with Gasteiger partial charge < -0.3 is 10.6 Å². The predicted octanol–water partition coefficient (Wildman–Crippen LogP) is 1.60. The molecule has 2 N–H and O–H groups in total. The lowest BCUT2D eigenvalue weighted by atomic mass is 9.89. The van der Waals surface area contributed by atoms with Crippen LogP contribution in [0.2, 0.25) is 0 Å². The zero-order valence-corrected chi connectivity index (χ0v) is 11.1. The van der Waals surface area contributed by atoms with Crippen molar-refractivity contribution in [3.8, 4) is 0 Å². The number of carbonyl (C=O) groups excluding carboxylic acids is 2. The zero-order valence-electron chi connectivity index (χ0n) is 11.1. The molecule has 4 nitrogen and oxygen atoms in total. The van der Waals surface area contributed by atoms with Crippen molar-refractivity contribution < 1.29 is 9.59 Å². The Morgan fingerprint density at radius 3 is 2.24 bits per heavy atom. The van der Waals surface area contributed by atoms with Gasteiger partial charge >= 0.3 is 0 Å². The fraction of sp³-hybridized carbons (Fsp3) is 0.846. The van der Waals surface area contributed by atoms with Gasteiger partial charge in [-0.05, 0) is 33.6 Å². The van der Waals surface area contributed by atoms with Gasteiger partial charge in [0, 0.05) is 11.5 Å². The first-order chi connectivity index (χ1) is 7.88. The van der Waals surface area contributed by atoms with E-state index in [1.165, 1.54) is 6.42 Å². The summed E-state index contributed by atoms with van der Waals surface area (Å²) in [6.07, 6.45) is 5.42. The molecule has 0 aromatic heterocycles. The molecule has 0 aromatic rings. The van der Waals surface area contributed by atoms with Gasteiger partial charge in [0.1, 0.15) is 0 Å². The van der Waals surface area contributed by atoms with Crippen LogP contribution in [-0.2, 0) is 9.59 Å². The summed E-state index contributed by atoms with van der Waals surface area (Å²) in [5.41, 5.74) is -0.243. The largest absolute Gasteiger partial charge is 0.350 e. The molecule has 1 saturated carbocycles. The molecule has 0 unspecified atom stereocenters. The molecule has 2 amide bonds. The Hall–Kier alpha value is -1.06. The normalized spacial score (nSPS) is 17.6. The average Bonchev–Trinajstić information content (AvgIpc) is 2.25. The van der Waals surface area contributed by atoms with Crippen molar-refractivity contribution in [2.45, 2.75) is 58.4 Å². The second-order valence-corrected chi connectivity index (χ2v) is 5.85. The van der Waals surface area contributed by atoms with Gasteiger partial charge in [0.25, 0.3) is 0 Å². The summed E-state index contributed by atoms with van der Waals surface area (Å²) in [6.45, 7) is 5.86. The second-order valence-electron chi connectivity index (χ2n) is 5.85. The molecule has 0 atom stereocenters. The Morgan fingerprint density at radius 2 is 1.71 bits per heavy atom. The summed E-state index contributed by atoms with van der Waals surface area (Å²) in [6, 6.07) is 0. The molecule has 0 spiro atoms. The van der Waals surface area contributed by atoms with Gasteiger partial charge in [-0.3, -0.25) is 9.59 Å². The minimum absolute atomic E-state index is 0.0359. The Balaban J connectivity index is 2.25. The molecule has 17 heavy (non-hydrogen) atoms. The number of nitrogens with one attached hydrogen (secondary N) is 2. The summed E-state index contributed by atoms with van der Waals surface area (Å²) < 4.78 is 0. The molecule has 0 radical (unpaired) electrons. The van der Waals surface area contributed by atoms with Crippen LogP contribution >= 0.6 is 0 Å². The third-order valence-electron chi connectivity index (χ3n) is 2.91. The van der Waals surface area contributed by atoms with E-state index >= 15 is 0 Å². The van der Waals surface area contributed by atoms with Crippen molar-refractivity contribution in [3.63, 3.8) is 0 Å². The van der Waals surface area contributed by atoms with Crippen LogP contribution in [0.15, 0.2) is 0 Å². The summed E-state index contributed by atoms with van der Waals surface area (Å²) in [5, 5.41) is 5.55. The van der Waals surface area contributed by atoms with Crippen molar-refractivity contribution in [1.82, 2.24) is 10.6 Å². The van der Waals surface area contributed by atoms with Gasteiger partial charge in [0.2, 0.25) is 11.8 Å². The van der Waals surface area contributed by atoms with E-state index in [0.717, 1.165) is 25.7 Å². The Bertz CT molecular complexity index is 276. The maximum absolute atomic E-state index is 11.8. The Kier molecular flexibility index (Phi) is 4.97. The maximum atomic E-state index is 11.8. The van der Waals surface area contributed by atoms with Crippen LogP contribution in [-0.4, -0.2) is 23.9 Å². The molecule has 0 aliphatic heterocycles. The van der Waals surface area contributed by atoms with Crippen LogP contribution < -0.4 is 10.6 Å².